The molecule has 0 fully saturated rings. The number of nitrogens with one attached hydrogen (secondary N) is 2. The van der Waals surface area contributed by atoms with Crippen molar-refractivity contribution in [1.29, 1.82) is 0 Å². The molecule has 1 heterocycles. The Balaban J connectivity index is 0.00000264. The van der Waals surface area contributed by atoms with Crippen LogP contribution in [0.4, 0.5) is 0 Å². The fraction of sp³-hybridized carbons (Fsp3) is 0.294. The lowest BCUT2D eigenvalue weighted by atomic mass is 10.2. The van der Waals surface area contributed by atoms with Crippen molar-refractivity contribution < 1.29 is 0 Å². The molecule has 2 rings (SSSR count). The van der Waals surface area contributed by atoms with Crippen LogP contribution in [0.2, 0.25) is 5.02 Å². The van der Waals surface area contributed by atoms with Gasteiger partial charge in [-0.2, -0.15) is 0 Å². The molecule has 0 aliphatic carbocycles. The molecule has 0 atom stereocenters. The van der Waals surface area contributed by atoms with E-state index >= 15 is 0 Å². The van der Waals surface area contributed by atoms with Crippen LogP contribution < -0.4 is 10.6 Å². The van der Waals surface area contributed by atoms with Gasteiger partial charge in [-0.15, -0.1) is 24.0 Å². The highest BCUT2D eigenvalue weighted by molar-refractivity contribution is 14.0. The smallest absolute Gasteiger partial charge is 0.191 e. The van der Waals surface area contributed by atoms with Crippen LogP contribution in [0.25, 0.3) is 0 Å². The largest absolute Gasteiger partial charge is 0.357 e. The van der Waals surface area contributed by atoms with Gasteiger partial charge in [0.1, 0.15) is 0 Å². The highest BCUT2D eigenvalue weighted by Gasteiger charge is 2.00. The van der Waals surface area contributed by atoms with Gasteiger partial charge < -0.3 is 10.6 Å². The van der Waals surface area contributed by atoms with Crippen molar-refractivity contribution in [2.75, 3.05) is 13.1 Å². The molecule has 2 N–H and O–H groups in total. The molecule has 2 aromatic rings. The number of rotatable bonds is 6. The molecule has 0 spiro atoms. The number of halogens is 2. The fourth-order valence-electron chi connectivity index (χ4n) is 2.00. The third kappa shape index (κ3) is 7.18. The van der Waals surface area contributed by atoms with Gasteiger partial charge in [-0.05, 0) is 36.6 Å². The fourth-order valence-corrected chi connectivity index (χ4v) is 2.20. The molecule has 124 valence electrons. The second-order valence-corrected chi connectivity index (χ2v) is 5.23. The maximum atomic E-state index is 6.15. The standard InChI is InChI=1S/C17H21ClN4.HI/c1-2-20-17(21-11-9-14-6-5-10-19-12-14)22-13-15-7-3-4-8-16(15)18;/h3-8,10,12H,2,9,11,13H2,1H3,(H2,20,21,22);1H. The van der Waals surface area contributed by atoms with Gasteiger partial charge in [0, 0.05) is 30.5 Å². The third-order valence-corrected chi connectivity index (χ3v) is 3.51. The molecule has 0 unspecified atom stereocenters. The number of pyridine rings is 1. The Morgan fingerprint density at radius 3 is 2.70 bits per heavy atom. The van der Waals surface area contributed by atoms with E-state index in [0.717, 1.165) is 36.1 Å². The topological polar surface area (TPSA) is 49.3 Å². The molecule has 6 heteroatoms. The van der Waals surface area contributed by atoms with Crippen LogP contribution in [0.5, 0.6) is 0 Å². The summed E-state index contributed by atoms with van der Waals surface area (Å²) in [5.74, 6) is 0.798. The minimum atomic E-state index is 0. The Hall–Kier alpha value is -1.34. The molecule has 1 aromatic heterocycles. The summed E-state index contributed by atoms with van der Waals surface area (Å²) >= 11 is 6.15. The Morgan fingerprint density at radius 2 is 2.00 bits per heavy atom. The van der Waals surface area contributed by atoms with E-state index in [1.165, 1.54) is 5.56 Å². The second-order valence-electron chi connectivity index (χ2n) is 4.82. The van der Waals surface area contributed by atoms with Crippen LogP contribution in [0.1, 0.15) is 18.1 Å². The van der Waals surface area contributed by atoms with Crippen LogP contribution in [-0.2, 0) is 13.0 Å². The lowest BCUT2D eigenvalue weighted by molar-refractivity contribution is 0.798. The van der Waals surface area contributed by atoms with E-state index in [4.69, 9.17) is 11.6 Å². The first-order chi connectivity index (χ1) is 10.8. The monoisotopic (exact) mass is 444 g/mol. The van der Waals surface area contributed by atoms with Crippen molar-refractivity contribution in [2.45, 2.75) is 19.9 Å². The summed E-state index contributed by atoms with van der Waals surface area (Å²) in [6.45, 7) is 4.23. The molecule has 23 heavy (non-hydrogen) atoms. The van der Waals surface area contributed by atoms with Gasteiger partial charge in [-0.3, -0.25) is 4.98 Å². The Bertz CT molecular complexity index is 605. The number of hydrogen-bond acceptors (Lipinski definition) is 2. The summed E-state index contributed by atoms with van der Waals surface area (Å²) in [5, 5.41) is 7.31. The molecule has 0 saturated carbocycles. The summed E-state index contributed by atoms with van der Waals surface area (Å²) in [6, 6.07) is 11.8. The first-order valence-corrected chi connectivity index (χ1v) is 7.82. The molecule has 0 amide bonds. The van der Waals surface area contributed by atoms with Crippen LogP contribution in [0.15, 0.2) is 53.8 Å². The summed E-state index contributed by atoms with van der Waals surface area (Å²) in [7, 11) is 0. The number of nitrogens with zero attached hydrogens (tertiary/aromatic N) is 2. The SMILES string of the molecule is CCNC(=NCc1ccccc1Cl)NCCc1cccnc1.I. The maximum absolute atomic E-state index is 6.15. The van der Waals surface area contributed by atoms with Crippen molar-refractivity contribution in [2.24, 2.45) is 4.99 Å². The average Bonchev–Trinajstić information content (AvgIpc) is 2.55. The van der Waals surface area contributed by atoms with E-state index in [1.54, 1.807) is 6.20 Å². The van der Waals surface area contributed by atoms with Gasteiger partial charge in [0.05, 0.1) is 6.54 Å². The predicted molar refractivity (Wildman–Crippen MR) is 108 cm³/mol. The van der Waals surface area contributed by atoms with Gasteiger partial charge >= 0.3 is 0 Å². The van der Waals surface area contributed by atoms with E-state index in [0.29, 0.717) is 6.54 Å². The van der Waals surface area contributed by atoms with Gasteiger partial charge in [-0.25, -0.2) is 4.99 Å². The third-order valence-electron chi connectivity index (χ3n) is 3.14. The second kappa shape index (κ2) is 11.2. The van der Waals surface area contributed by atoms with Crippen molar-refractivity contribution in [3.63, 3.8) is 0 Å². The number of aliphatic imine (C=N–C) groups is 1. The molecule has 0 bridgehead atoms. The van der Waals surface area contributed by atoms with Crippen molar-refractivity contribution in [3.8, 4) is 0 Å². The number of aromatic nitrogens is 1. The van der Waals surface area contributed by atoms with Crippen molar-refractivity contribution >= 4 is 41.5 Å². The van der Waals surface area contributed by atoms with Crippen LogP contribution in [0.3, 0.4) is 0 Å². The van der Waals surface area contributed by atoms with E-state index in [-0.39, 0.29) is 24.0 Å². The first kappa shape index (κ1) is 19.7. The Kier molecular flexibility index (Phi) is 9.63. The lowest BCUT2D eigenvalue weighted by Crippen LogP contribution is -2.38. The van der Waals surface area contributed by atoms with Crippen molar-refractivity contribution in [3.05, 3.63) is 64.9 Å². The quantitative estimate of drug-likeness (QED) is 0.406. The highest BCUT2D eigenvalue weighted by Crippen LogP contribution is 2.15. The van der Waals surface area contributed by atoms with Gasteiger partial charge in [0.2, 0.25) is 0 Å². The van der Waals surface area contributed by atoms with Gasteiger partial charge in [0.25, 0.3) is 0 Å². The summed E-state index contributed by atoms with van der Waals surface area (Å²) in [4.78, 5) is 8.69. The first-order valence-electron chi connectivity index (χ1n) is 7.44. The summed E-state index contributed by atoms with van der Waals surface area (Å²) in [5.41, 5.74) is 2.23. The zero-order valence-electron chi connectivity index (χ0n) is 13.1. The van der Waals surface area contributed by atoms with Crippen molar-refractivity contribution in [1.82, 2.24) is 15.6 Å². The minimum Gasteiger partial charge on any atom is -0.357 e. The summed E-state index contributed by atoms with van der Waals surface area (Å²) < 4.78 is 0. The Labute approximate surface area is 159 Å². The van der Waals surface area contributed by atoms with Crippen LogP contribution >= 0.6 is 35.6 Å². The van der Waals surface area contributed by atoms with Crippen LogP contribution in [-0.4, -0.2) is 24.0 Å². The minimum absolute atomic E-state index is 0. The number of guanidine groups is 1. The lowest BCUT2D eigenvalue weighted by Gasteiger charge is -2.11. The molecular formula is C17H22ClIN4. The van der Waals surface area contributed by atoms with E-state index in [1.807, 2.05) is 43.5 Å². The van der Waals surface area contributed by atoms with Gasteiger partial charge in [-0.1, -0.05) is 35.9 Å². The maximum Gasteiger partial charge on any atom is 0.191 e. The van der Waals surface area contributed by atoms with E-state index in [9.17, 15) is 0 Å². The molecule has 0 radical (unpaired) electrons. The highest BCUT2D eigenvalue weighted by atomic mass is 127. The average molecular weight is 445 g/mol. The summed E-state index contributed by atoms with van der Waals surface area (Å²) in [6.07, 6.45) is 4.58. The van der Waals surface area contributed by atoms with Crippen LogP contribution in [0, 0.1) is 0 Å². The van der Waals surface area contributed by atoms with Gasteiger partial charge in [0.15, 0.2) is 5.96 Å². The zero-order chi connectivity index (χ0) is 15.6. The molecular weight excluding hydrogens is 423 g/mol. The Morgan fingerprint density at radius 1 is 1.17 bits per heavy atom. The molecule has 1 aromatic carbocycles. The number of benzene rings is 1. The molecule has 0 aliphatic heterocycles. The van der Waals surface area contributed by atoms with E-state index < -0.39 is 0 Å². The zero-order valence-corrected chi connectivity index (χ0v) is 16.2. The molecule has 0 aliphatic rings. The van der Waals surface area contributed by atoms with E-state index in [2.05, 4.69) is 26.7 Å². The normalized spacial score (nSPS) is 10.8. The predicted octanol–water partition coefficient (Wildman–Crippen LogP) is 3.65. The number of hydrogen-bond donors (Lipinski definition) is 2. The molecule has 4 nitrogen and oxygen atoms in total. The molecule has 0 saturated heterocycles.